The monoisotopic (exact) mass is 359 g/mol. The zero-order valence-electron chi connectivity index (χ0n) is 15.1. The molecule has 2 aromatic rings. The molecule has 1 aromatic carbocycles. The number of aromatic nitrogens is 1. The van der Waals surface area contributed by atoms with Crippen LogP contribution in [0.2, 0.25) is 0 Å². The molecule has 0 bridgehead atoms. The predicted octanol–water partition coefficient (Wildman–Crippen LogP) is 3.25. The maximum Gasteiger partial charge on any atom is 0.340 e. The molecular formula is C20H25NO5. The topological polar surface area (TPSA) is 69.8 Å². The first kappa shape index (κ1) is 18.6. The minimum Gasteiger partial charge on any atom is -0.462 e. The Kier molecular flexibility index (Phi) is 6.44. The van der Waals surface area contributed by atoms with Crippen molar-refractivity contribution < 1.29 is 23.7 Å². The van der Waals surface area contributed by atoms with Crippen LogP contribution >= 0.6 is 0 Å². The van der Waals surface area contributed by atoms with Gasteiger partial charge in [-0.3, -0.25) is 0 Å². The van der Waals surface area contributed by atoms with Gasteiger partial charge < -0.3 is 23.9 Å². The summed E-state index contributed by atoms with van der Waals surface area (Å²) in [6.07, 6.45) is 3.62. The van der Waals surface area contributed by atoms with Gasteiger partial charge in [0.2, 0.25) is 0 Å². The van der Waals surface area contributed by atoms with Crippen molar-refractivity contribution >= 4 is 5.97 Å². The van der Waals surface area contributed by atoms with Crippen LogP contribution in [-0.2, 0) is 25.6 Å². The minimum atomic E-state index is -0.343. The van der Waals surface area contributed by atoms with Crippen molar-refractivity contribution in [2.75, 3.05) is 20.3 Å². The van der Waals surface area contributed by atoms with Gasteiger partial charge in [0.1, 0.15) is 6.10 Å². The number of hydrogen-bond acceptors (Lipinski definition) is 5. The molecule has 3 atom stereocenters. The lowest BCUT2D eigenvalue weighted by Crippen LogP contribution is -2.28. The first-order valence-corrected chi connectivity index (χ1v) is 8.86. The second kappa shape index (κ2) is 8.98. The molecule has 1 aromatic heterocycles. The standard InChI is InChI=1S/C20H25NO5/c1-3-25-20(22)16-11-21-10-15(16)17-9-18(23-2)19(26-17)13-24-12-14-7-5-4-6-8-14/h4-8,10-11,17-19,21H,3,9,12-13H2,1-2H3/t17-,18+,19-/m1/s1. The van der Waals surface area contributed by atoms with E-state index in [-0.39, 0.29) is 24.3 Å². The van der Waals surface area contributed by atoms with Gasteiger partial charge in [-0.1, -0.05) is 30.3 Å². The predicted molar refractivity (Wildman–Crippen MR) is 95.9 cm³/mol. The van der Waals surface area contributed by atoms with Crippen LogP contribution in [0.3, 0.4) is 0 Å². The summed E-state index contributed by atoms with van der Waals surface area (Å²) in [7, 11) is 1.67. The quantitative estimate of drug-likeness (QED) is 0.733. The summed E-state index contributed by atoms with van der Waals surface area (Å²) >= 11 is 0. The second-order valence-corrected chi connectivity index (χ2v) is 6.22. The number of hydrogen-bond donors (Lipinski definition) is 1. The van der Waals surface area contributed by atoms with Crippen LogP contribution in [0.15, 0.2) is 42.7 Å². The van der Waals surface area contributed by atoms with Crippen LogP contribution in [0.5, 0.6) is 0 Å². The largest absolute Gasteiger partial charge is 0.462 e. The summed E-state index contributed by atoms with van der Waals surface area (Å²) in [4.78, 5) is 15.1. The van der Waals surface area contributed by atoms with Crippen LogP contribution in [0.25, 0.3) is 0 Å². The van der Waals surface area contributed by atoms with Gasteiger partial charge in [-0.2, -0.15) is 0 Å². The van der Waals surface area contributed by atoms with Crippen molar-refractivity contribution in [3.05, 3.63) is 59.4 Å². The Bertz CT molecular complexity index is 699. The zero-order valence-corrected chi connectivity index (χ0v) is 15.1. The number of aromatic amines is 1. The maximum absolute atomic E-state index is 12.1. The Morgan fingerprint density at radius 3 is 2.81 bits per heavy atom. The molecule has 0 aliphatic carbocycles. The van der Waals surface area contributed by atoms with E-state index in [1.54, 1.807) is 26.4 Å². The third-order valence-corrected chi connectivity index (χ3v) is 4.52. The summed E-state index contributed by atoms with van der Waals surface area (Å²) < 4.78 is 22.6. The molecule has 6 heteroatoms. The number of H-pyrrole nitrogens is 1. The molecular weight excluding hydrogens is 334 g/mol. The van der Waals surface area contributed by atoms with Crippen LogP contribution in [0.4, 0.5) is 0 Å². The Hall–Kier alpha value is -2.15. The summed E-state index contributed by atoms with van der Waals surface area (Å²) in [5.74, 6) is -0.343. The van der Waals surface area contributed by atoms with E-state index in [1.807, 2.05) is 30.3 Å². The van der Waals surface area contributed by atoms with E-state index in [4.69, 9.17) is 18.9 Å². The number of ether oxygens (including phenoxy) is 4. The van der Waals surface area contributed by atoms with Crippen molar-refractivity contribution in [3.63, 3.8) is 0 Å². The highest BCUT2D eigenvalue weighted by Gasteiger charge is 2.38. The Labute approximate surface area is 153 Å². The zero-order chi connectivity index (χ0) is 18.4. The lowest BCUT2D eigenvalue weighted by Gasteiger charge is -2.17. The molecule has 1 N–H and O–H groups in total. The van der Waals surface area contributed by atoms with Crippen molar-refractivity contribution in [2.24, 2.45) is 0 Å². The maximum atomic E-state index is 12.1. The van der Waals surface area contributed by atoms with Gasteiger partial charge in [0, 0.05) is 31.5 Å². The second-order valence-electron chi connectivity index (χ2n) is 6.22. The van der Waals surface area contributed by atoms with E-state index in [9.17, 15) is 4.79 Å². The molecule has 3 rings (SSSR count). The van der Waals surface area contributed by atoms with Gasteiger partial charge in [0.15, 0.2) is 0 Å². The minimum absolute atomic E-state index is 0.0827. The molecule has 1 aliphatic rings. The molecule has 0 unspecified atom stereocenters. The van der Waals surface area contributed by atoms with Gasteiger partial charge in [0.05, 0.1) is 37.6 Å². The molecule has 1 saturated heterocycles. The van der Waals surface area contributed by atoms with E-state index >= 15 is 0 Å². The molecule has 1 aliphatic heterocycles. The summed E-state index contributed by atoms with van der Waals surface area (Å²) in [5, 5.41) is 0. The Balaban J connectivity index is 1.60. The van der Waals surface area contributed by atoms with E-state index in [0.717, 1.165) is 11.1 Å². The van der Waals surface area contributed by atoms with Crippen molar-refractivity contribution in [1.29, 1.82) is 0 Å². The first-order valence-electron chi connectivity index (χ1n) is 8.86. The van der Waals surface area contributed by atoms with Gasteiger partial charge in [-0.05, 0) is 12.5 Å². The number of methoxy groups -OCH3 is 1. The van der Waals surface area contributed by atoms with Gasteiger partial charge in [-0.25, -0.2) is 4.79 Å². The van der Waals surface area contributed by atoms with E-state index in [1.165, 1.54) is 0 Å². The fraction of sp³-hybridized carbons (Fsp3) is 0.450. The number of benzene rings is 1. The van der Waals surface area contributed by atoms with Gasteiger partial charge in [-0.15, -0.1) is 0 Å². The summed E-state index contributed by atoms with van der Waals surface area (Å²) in [6.45, 7) is 3.09. The third-order valence-electron chi connectivity index (χ3n) is 4.52. The average Bonchev–Trinajstić information content (AvgIpc) is 3.29. The van der Waals surface area contributed by atoms with Gasteiger partial charge >= 0.3 is 5.97 Å². The Morgan fingerprint density at radius 1 is 1.27 bits per heavy atom. The fourth-order valence-corrected chi connectivity index (χ4v) is 3.21. The third kappa shape index (κ3) is 4.33. The summed E-state index contributed by atoms with van der Waals surface area (Å²) in [5.41, 5.74) is 2.43. The normalized spacial score (nSPS) is 22.5. The number of esters is 1. The molecule has 140 valence electrons. The van der Waals surface area contributed by atoms with E-state index < -0.39 is 0 Å². The van der Waals surface area contributed by atoms with Crippen LogP contribution in [0.1, 0.15) is 40.9 Å². The molecule has 2 heterocycles. The highest BCUT2D eigenvalue weighted by molar-refractivity contribution is 5.91. The first-order chi connectivity index (χ1) is 12.7. The molecule has 0 saturated carbocycles. The Morgan fingerprint density at radius 2 is 2.08 bits per heavy atom. The molecule has 6 nitrogen and oxygen atoms in total. The highest BCUT2D eigenvalue weighted by atomic mass is 16.6. The fourth-order valence-electron chi connectivity index (χ4n) is 3.21. The van der Waals surface area contributed by atoms with Gasteiger partial charge in [0.25, 0.3) is 0 Å². The van der Waals surface area contributed by atoms with E-state index in [0.29, 0.717) is 31.8 Å². The molecule has 0 amide bonds. The van der Waals surface area contributed by atoms with Crippen molar-refractivity contribution in [2.45, 2.75) is 38.3 Å². The molecule has 0 radical (unpaired) electrons. The van der Waals surface area contributed by atoms with Crippen LogP contribution in [0, 0.1) is 0 Å². The van der Waals surface area contributed by atoms with Crippen molar-refractivity contribution in [1.82, 2.24) is 4.98 Å². The molecule has 0 spiro atoms. The summed E-state index contributed by atoms with van der Waals surface area (Å²) in [6, 6.07) is 10.0. The number of rotatable bonds is 8. The number of nitrogens with one attached hydrogen (secondary N) is 1. The smallest absolute Gasteiger partial charge is 0.340 e. The number of carbonyl (C=O) groups is 1. The van der Waals surface area contributed by atoms with E-state index in [2.05, 4.69) is 4.98 Å². The lowest BCUT2D eigenvalue weighted by atomic mass is 10.0. The highest BCUT2D eigenvalue weighted by Crippen LogP contribution is 2.36. The van der Waals surface area contributed by atoms with Crippen molar-refractivity contribution in [3.8, 4) is 0 Å². The number of carbonyl (C=O) groups excluding carboxylic acids is 1. The molecule has 1 fully saturated rings. The average molecular weight is 359 g/mol. The molecule has 26 heavy (non-hydrogen) atoms. The SMILES string of the molecule is CCOC(=O)c1c[nH]cc1[C@H]1C[C@H](OC)[C@@H](COCc2ccccc2)O1. The van der Waals surface area contributed by atoms with Crippen LogP contribution in [-0.4, -0.2) is 43.5 Å². The lowest BCUT2D eigenvalue weighted by molar-refractivity contribution is -0.0581. The van der Waals surface area contributed by atoms with Crippen LogP contribution < -0.4 is 0 Å².